The van der Waals surface area contributed by atoms with Crippen LogP contribution >= 0.6 is 15.6 Å². The second kappa shape index (κ2) is 10.1. The van der Waals surface area contributed by atoms with Crippen molar-refractivity contribution in [2.24, 2.45) is 46.3 Å². The van der Waals surface area contributed by atoms with E-state index in [1.807, 2.05) is 20.8 Å². The van der Waals surface area contributed by atoms with Gasteiger partial charge in [0.25, 0.3) is 0 Å². The van der Waals surface area contributed by atoms with Gasteiger partial charge in [-0.05, 0) is 80.0 Å². The van der Waals surface area contributed by atoms with Gasteiger partial charge in [-0.15, -0.1) is 0 Å². The van der Waals surface area contributed by atoms with Gasteiger partial charge in [-0.2, -0.15) is 0 Å². The van der Waals surface area contributed by atoms with Gasteiger partial charge in [0.1, 0.15) is 0 Å². The predicted octanol–water partition coefficient (Wildman–Crippen LogP) is 3.98. The minimum Gasteiger partial charge on any atom is -0.481 e. The summed E-state index contributed by atoms with van der Waals surface area (Å²) in [5, 5.41) is 20.5. The lowest BCUT2D eigenvalue weighted by Gasteiger charge is -2.65. The highest BCUT2D eigenvalue weighted by Crippen LogP contribution is 2.72. The summed E-state index contributed by atoms with van der Waals surface area (Å²) in [4.78, 5) is 49.4. The Bertz CT molecular complexity index is 1010. The second-order valence-corrected chi connectivity index (χ2v) is 15.1. The van der Waals surface area contributed by atoms with Crippen LogP contribution in [0.5, 0.6) is 0 Å². The van der Waals surface area contributed by atoms with Gasteiger partial charge in [0, 0.05) is 24.2 Å². The summed E-state index contributed by atoms with van der Waals surface area (Å²) in [7, 11) is -9.69. The van der Waals surface area contributed by atoms with Crippen molar-refractivity contribution in [2.75, 3.05) is 0 Å². The first kappa shape index (κ1) is 30.5. The van der Waals surface area contributed by atoms with E-state index in [0.717, 1.165) is 0 Å². The number of fused-ring (bicyclic) bond motifs is 5. The molecule has 11 atom stereocenters. The number of hydrogen-bond acceptors (Lipinski definition) is 6. The Labute approximate surface area is 222 Å². The van der Waals surface area contributed by atoms with Crippen molar-refractivity contribution in [1.82, 2.24) is 0 Å². The molecule has 0 aliphatic heterocycles. The van der Waals surface area contributed by atoms with Crippen molar-refractivity contribution < 1.29 is 57.1 Å². The molecule has 0 aromatic heterocycles. The Morgan fingerprint density at radius 1 is 1.03 bits per heavy atom. The highest BCUT2D eigenvalue weighted by atomic mass is 31.2. The van der Waals surface area contributed by atoms with E-state index in [1.165, 1.54) is 0 Å². The molecule has 4 aliphatic rings. The standard InChI is InChI=1S/C24H41FO11P2/c1-13(4-7-20(26)27)16-5-6-17-21-18(11-19(23(16,17)3)36-38(32,33)34)22(2)9-8-15(35-37(29,30)31)10-14(22)12-24(21,25)28/h13-19,21,28H,4-12H2,1-3H3,(H,26,27)(H2,29,30,31)(H2,32,33,34). The number of phosphoric acid groups is 2. The maximum Gasteiger partial charge on any atom is 0.469 e. The molecule has 6 N–H and O–H groups in total. The number of halogens is 1. The minimum atomic E-state index is -4.94. The van der Waals surface area contributed by atoms with Crippen molar-refractivity contribution in [3.8, 4) is 0 Å². The lowest BCUT2D eigenvalue weighted by Crippen LogP contribution is -2.65. The van der Waals surface area contributed by atoms with Gasteiger partial charge in [0.05, 0.1) is 12.2 Å². The van der Waals surface area contributed by atoms with Crippen LogP contribution in [0.15, 0.2) is 0 Å². The summed E-state index contributed by atoms with van der Waals surface area (Å²) in [6.45, 7) is 5.72. The molecule has 0 bridgehead atoms. The van der Waals surface area contributed by atoms with Crippen molar-refractivity contribution >= 4 is 21.6 Å². The van der Waals surface area contributed by atoms with E-state index >= 15 is 4.39 Å². The molecule has 4 rings (SSSR count). The fourth-order valence-electron chi connectivity index (χ4n) is 9.24. The van der Waals surface area contributed by atoms with E-state index in [4.69, 9.17) is 9.05 Å². The molecule has 220 valence electrons. The molecule has 0 heterocycles. The number of phosphoric ester groups is 2. The number of rotatable bonds is 8. The minimum absolute atomic E-state index is 0.0564. The first-order chi connectivity index (χ1) is 17.3. The predicted molar refractivity (Wildman–Crippen MR) is 132 cm³/mol. The van der Waals surface area contributed by atoms with E-state index in [9.17, 15) is 43.7 Å². The van der Waals surface area contributed by atoms with Crippen molar-refractivity contribution in [1.29, 1.82) is 0 Å². The van der Waals surface area contributed by atoms with Gasteiger partial charge in [-0.3, -0.25) is 13.8 Å². The number of carbonyl (C=O) groups is 1. The monoisotopic (exact) mass is 586 g/mol. The molecule has 0 aromatic carbocycles. The molecule has 0 amide bonds. The van der Waals surface area contributed by atoms with E-state index < -0.39 is 74.2 Å². The third-order valence-corrected chi connectivity index (χ3v) is 11.9. The van der Waals surface area contributed by atoms with Crippen LogP contribution in [-0.2, 0) is 23.0 Å². The van der Waals surface area contributed by atoms with Gasteiger partial charge < -0.3 is 29.8 Å². The average Bonchev–Trinajstić information content (AvgIpc) is 3.09. The Morgan fingerprint density at radius 3 is 2.24 bits per heavy atom. The first-order valence-electron chi connectivity index (χ1n) is 13.4. The maximum absolute atomic E-state index is 16.4. The molecule has 11 unspecified atom stereocenters. The Morgan fingerprint density at radius 2 is 1.66 bits per heavy atom. The van der Waals surface area contributed by atoms with Crippen molar-refractivity contribution in [3.63, 3.8) is 0 Å². The normalized spacial score (nSPS) is 46.1. The topological polar surface area (TPSA) is 191 Å². The van der Waals surface area contributed by atoms with Crippen LogP contribution in [-0.4, -0.2) is 53.8 Å². The molecular weight excluding hydrogens is 545 g/mol. The molecule has 38 heavy (non-hydrogen) atoms. The SMILES string of the molecule is CC(CCC(=O)O)C1CCC2C3C(CC(OP(=O)(O)O)C12C)C1(C)CCC(OP(=O)(O)O)CC1CC3(O)F. The van der Waals surface area contributed by atoms with Crippen molar-refractivity contribution in [3.05, 3.63) is 0 Å². The van der Waals surface area contributed by atoms with Crippen LogP contribution in [0, 0.1) is 46.3 Å². The molecule has 11 nitrogen and oxygen atoms in total. The molecule has 0 aromatic rings. The van der Waals surface area contributed by atoms with Crippen LogP contribution in [0.3, 0.4) is 0 Å². The number of alkyl halides is 1. The second-order valence-electron chi connectivity index (χ2n) is 12.7. The van der Waals surface area contributed by atoms with Gasteiger partial charge in [0.15, 0.2) is 0 Å². The lowest BCUT2D eigenvalue weighted by molar-refractivity contribution is -0.283. The van der Waals surface area contributed by atoms with E-state index in [0.29, 0.717) is 32.1 Å². The van der Waals surface area contributed by atoms with Crippen LogP contribution in [0.1, 0.15) is 78.6 Å². The van der Waals surface area contributed by atoms with Gasteiger partial charge in [-0.1, -0.05) is 20.8 Å². The van der Waals surface area contributed by atoms with Crippen LogP contribution < -0.4 is 0 Å². The zero-order valence-electron chi connectivity index (χ0n) is 22.0. The molecule has 4 fully saturated rings. The largest absolute Gasteiger partial charge is 0.481 e. The molecule has 0 radical (unpaired) electrons. The van der Waals surface area contributed by atoms with Crippen LogP contribution in [0.25, 0.3) is 0 Å². The molecule has 0 saturated heterocycles. The summed E-state index contributed by atoms with van der Waals surface area (Å²) < 4.78 is 50.3. The Balaban J connectivity index is 1.70. The van der Waals surface area contributed by atoms with Crippen molar-refractivity contribution in [2.45, 2.75) is 96.6 Å². The third kappa shape index (κ3) is 5.68. The summed E-state index contributed by atoms with van der Waals surface area (Å²) >= 11 is 0. The molecule has 14 heteroatoms. The Kier molecular flexibility index (Phi) is 8.15. The van der Waals surface area contributed by atoms with E-state index in [2.05, 4.69) is 0 Å². The fourth-order valence-corrected chi connectivity index (χ4v) is 10.5. The van der Waals surface area contributed by atoms with Crippen LogP contribution in [0.4, 0.5) is 4.39 Å². The van der Waals surface area contributed by atoms with E-state index in [-0.39, 0.29) is 37.5 Å². The van der Waals surface area contributed by atoms with Gasteiger partial charge >= 0.3 is 21.6 Å². The number of carboxylic acids is 1. The molecular formula is C24H41FO11P2. The smallest absolute Gasteiger partial charge is 0.469 e. The Hall–Kier alpha value is -0.420. The molecule has 0 spiro atoms. The summed E-state index contributed by atoms with van der Waals surface area (Å²) in [6.07, 6.45) is 0.495. The average molecular weight is 587 g/mol. The maximum atomic E-state index is 16.4. The first-order valence-corrected chi connectivity index (χ1v) is 16.4. The number of carboxylic acid groups (broad SMARTS) is 1. The zero-order valence-corrected chi connectivity index (χ0v) is 23.8. The quantitative estimate of drug-likeness (QED) is 0.226. The summed E-state index contributed by atoms with van der Waals surface area (Å²) in [6, 6.07) is 0. The van der Waals surface area contributed by atoms with Gasteiger partial charge in [-0.25, -0.2) is 13.5 Å². The molecule has 4 saturated carbocycles. The van der Waals surface area contributed by atoms with E-state index in [1.54, 1.807) is 0 Å². The van der Waals surface area contributed by atoms with Crippen LogP contribution in [0.2, 0.25) is 0 Å². The number of aliphatic carboxylic acids is 1. The summed E-state index contributed by atoms with van der Waals surface area (Å²) in [5.74, 6) is -6.07. The van der Waals surface area contributed by atoms with Gasteiger partial charge in [0.2, 0.25) is 5.85 Å². The number of hydrogen-bond donors (Lipinski definition) is 6. The highest BCUT2D eigenvalue weighted by molar-refractivity contribution is 7.46. The third-order valence-electron chi connectivity index (χ3n) is 10.8. The lowest BCUT2D eigenvalue weighted by atomic mass is 9.42. The zero-order chi connectivity index (χ0) is 28.5. The number of aliphatic hydroxyl groups is 1. The summed E-state index contributed by atoms with van der Waals surface area (Å²) in [5.41, 5.74) is -1.47. The highest BCUT2D eigenvalue weighted by Gasteiger charge is 2.70. The molecule has 4 aliphatic carbocycles. The fraction of sp³-hybridized carbons (Fsp3) is 0.958.